The van der Waals surface area contributed by atoms with E-state index in [0.29, 0.717) is 0 Å². The molecule has 1 fully saturated rings. The number of carbonyl (C=O) groups excluding carboxylic acids is 3. The Bertz CT molecular complexity index is 355. The number of alkyl carbamates (subject to hydrolysis) is 1. The summed E-state index contributed by atoms with van der Waals surface area (Å²) in [5.41, 5.74) is -1.36. The van der Waals surface area contributed by atoms with Crippen molar-refractivity contribution in [3.8, 4) is 0 Å². The number of hydrogen-bond donors (Lipinski definition) is 1. The van der Waals surface area contributed by atoms with Gasteiger partial charge in [-0.15, -0.1) is 0 Å². The molecule has 1 amide bonds. The molecule has 7 heteroatoms. The Morgan fingerprint density at radius 1 is 1.56 bits per heavy atom. The summed E-state index contributed by atoms with van der Waals surface area (Å²) in [7, 11) is 0. The van der Waals surface area contributed by atoms with Gasteiger partial charge >= 0.3 is 18.0 Å². The van der Waals surface area contributed by atoms with Gasteiger partial charge in [0.05, 0.1) is 13.2 Å². The zero-order valence-corrected chi connectivity index (χ0v) is 10.6. The van der Waals surface area contributed by atoms with E-state index < -0.39 is 29.7 Å². The minimum Gasteiger partial charge on any atom is -0.464 e. The standard InChI is InChI=1S/C11H17NO6/c1-4-16-10(15)12-11(5-6-17-9(11)14)7(2)18-8(3)13/h7H,4-6H2,1-3H3,(H,12,15)/t7-,11-/m0/s1. The first kappa shape index (κ1) is 14.3. The molecule has 0 aliphatic carbocycles. The van der Waals surface area contributed by atoms with Gasteiger partial charge in [-0.05, 0) is 13.8 Å². The summed E-state index contributed by atoms with van der Waals surface area (Å²) in [6, 6.07) is 0. The Kier molecular flexibility index (Phi) is 4.52. The SMILES string of the molecule is CCOC(=O)N[C@]1([C@H](C)OC(C)=O)CCOC1=O. The van der Waals surface area contributed by atoms with Gasteiger partial charge in [-0.2, -0.15) is 0 Å². The molecule has 0 aromatic heterocycles. The molecule has 1 N–H and O–H groups in total. The van der Waals surface area contributed by atoms with E-state index in [0.717, 1.165) is 0 Å². The highest BCUT2D eigenvalue weighted by atomic mass is 16.6. The van der Waals surface area contributed by atoms with Gasteiger partial charge in [-0.1, -0.05) is 0 Å². The van der Waals surface area contributed by atoms with Crippen LogP contribution in [-0.4, -0.2) is 42.9 Å². The van der Waals surface area contributed by atoms with Gasteiger partial charge in [0.15, 0.2) is 5.54 Å². The van der Waals surface area contributed by atoms with E-state index in [1.54, 1.807) is 6.92 Å². The molecule has 1 rings (SSSR count). The molecule has 1 heterocycles. The van der Waals surface area contributed by atoms with Gasteiger partial charge in [-0.3, -0.25) is 4.79 Å². The van der Waals surface area contributed by atoms with E-state index >= 15 is 0 Å². The number of nitrogens with one attached hydrogen (secondary N) is 1. The third-order valence-electron chi connectivity index (χ3n) is 2.73. The van der Waals surface area contributed by atoms with Crippen LogP contribution in [0.1, 0.15) is 27.2 Å². The van der Waals surface area contributed by atoms with E-state index in [4.69, 9.17) is 14.2 Å². The quantitative estimate of drug-likeness (QED) is 0.579. The number of rotatable bonds is 4. The number of esters is 2. The molecule has 102 valence electrons. The monoisotopic (exact) mass is 259 g/mol. The van der Waals surface area contributed by atoms with Gasteiger partial charge in [0.2, 0.25) is 0 Å². The molecule has 1 aliphatic heterocycles. The summed E-state index contributed by atoms with van der Waals surface area (Å²) in [4.78, 5) is 34.2. The number of carbonyl (C=O) groups is 3. The second-order valence-electron chi connectivity index (χ2n) is 3.95. The van der Waals surface area contributed by atoms with Crippen LogP contribution in [0.5, 0.6) is 0 Å². The van der Waals surface area contributed by atoms with Crippen LogP contribution in [0.4, 0.5) is 4.79 Å². The summed E-state index contributed by atoms with van der Waals surface area (Å²) < 4.78 is 14.6. The number of hydrogen-bond acceptors (Lipinski definition) is 6. The van der Waals surface area contributed by atoms with Crippen molar-refractivity contribution in [2.75, 3.05) is 13.2 Å². The molecule has 0 bridgehead atoms. The third kappa shape index (κ3) is 2.91. The van der Waals surface area contributed by atoms with Crippen molar-refractivity contribution in [3.05, 3.63) is 0 Å². The van der Waals surface area contributed by atoms with E-state index in [1.807, 2.05) is 0 Å². The summed E-state index contributed by atoms with van der Waals surface area (Å²) in [5.74, 6) is -1.16. The first-order valence-electron chi connectivity index (χ1n) is 5.71. The highest BCUT2D eigenvalue weighted by molar-refractivity contribution is 5.88. The zero-order chi connectivity index (χ0) is 13.8. The fourth-order valence-corrected chi connectivity index (χ4v) is 1.82. The van der Waals surface area contributed by atoms with Crippen molar-refractivity contribution >= 4 is 18.0 Å². The highest BCUT2D eigenvalue weighted by Gasteiger charge is 2.52. The normalized spacial score (nSPS) is 24.1. The van der Waals surface area contributed by atoms with E-state index in [9.17, 15) is 14.4 Å². The molecule has 1 saturated heterocycles. The van der Waals surface area contributed by atoms with Crippen molar-refractivity contribution in [2.45, 2.75) is 38.8 Å². The Morgan fingerprint density at radius 3 is 2.67 bits per heavy atom. The van der Waals surface area contributed by atoms with E-state index in [-0.39, 0.29) is 19.6 Å². The second-order valence-corrected chi connectivity index (χ2v) is 3.95. The lowest BCUT2D eigenvalue weighted by Crippen LogP contribution is -2.60. The Labute approximate surface area is 105 Å². The molecule has 18 heavy (non-hydrogen) atoms. The molecule has 7 nitrogen and oxygen atoms in total. The van der Waals surface area contributed by atoms with E-state index in [2.05, 4.69) is 5.32 Å². The van der Waals surface area contributed by atoms with Crippen LogP contribution >= 0.6 is 0 Å². The van der Waals surface area contributed by atoms with Crippen LogP contribution in [-0.2, 0) is 23.8 Å². The van der Waals surface area contributed by atoms with Crippen molar-refractivity contribution in [1.82, 2.24) is 5.32 Å². The lowest BCUT2D eigenvalue weighted by atomic mass is 9.91. The summed E-state index contributed by atoms with van der Waals surface area (Å²) >= 11 is 0. The molecule has 0 aromatic carbocycles. The lowest BCUT2D eigenvalue weighted by molar-refractivity contribution is -0.156. The molecule has 0 radical (unpaired) electrons. The first-order chi connectivity index (χ1) is 8.42. The molecule has 0 unspecified atom stereocenters. The van der Waals surface area contributed by atoms with Gasteiger partial charge < -0.3 is 19.5 Å². The lowest BCUT2D eigenvalue weighted by Gasteiger charge is -2.30. The average Bonchev–Trinajstić information content (AvgIpc) is 2.60. The number of ether oxygens (including phenoxy) is 3. The Morgan fingerprint density at radius 2 is 2.22 bits per heavy atom. The van der Waals surface area contributed by atoms with Gasteiger partial charge in [0, 0.05) is 13.3 Å². The highest BCUT2D eigenvalue weighted by Crippen LogP contribution is 2.26. The predicted octanol–water partition coefficient (Wildman–Crippen LogP) is 0.370. The van der Waals surface area contributed by atoms with E-state index in [1.165, 1.54) is 13.8 Å². The van der Waals surface area contributed by atoms with Gasteiger partial charge in [-0.25, -0.2) is 9.59 Å². The van der Waals surface area contributed by atoms with Crippen LogP contribution in [0, 0.1) is 0 Å². The van der Waals surface area contributed by atoms with Crippen molar-refractivity contribution < 1.29 is 28.6 Å². The maximum Gasteiger partial charge on any atom is 0.408 e. The summed E-state index contributed by atoms with van der Waals surface area (Å²) in [6.07, 6.45) is -1.33. The van der Waals surface area contributed by atoms with Crippen molar-refractivity contribution in [2.24, 2.45) is 0 Å². The molecular weight excluding hydrogens is 242 g/mol. The predicted molar refractivity (Wildman–Crippen MR) is 59.7 cm³/mol. The van der Waals surface area contributed by atoms with Crippen molar-refractivity contribution in [1.29, 1.82) is 0 Å². The fraction of sp³-hybridized carbons (Fsp3) is 0.727. The molecule has 0 spiro atoms. The molecule has 1 aliphatic rings. The fourth-order valence-electron chi connectivity index (χ4n) is 1.82. The number of cyclic esters (lactones) is 1. The topological polar surface area (TPSA) is 90.9 Å². The summed E-state index contributed by atoms with van der Waals surface area (Å²) in [5, 5.41) is 2.44. The molecular formula is C11H17NO6. The van der Waals surface area contributed by atoms with Crippen LogP contribution in [0.25, 0.3) is 0 Å². The van der Waals surface area contributed by atoms with Crippen LogP contribution < -0.4 is 5.32 Å². The van der Waals surface area contributed by atoms with Crippen molar-refractivity contribution in [3.63, 3.8) is 0 Å². The maximum absolute atomic E-state index is 11.8. The Hall–Kier alpha value is -1.79. The third-order valence-corrected chi connectivity index (χ3v) is 2.73. The van der Waals surface area contributed by atoms with Gasteiger partial charge in [0.1, 0.15) is 6.10 Å². The largest absolute Gasteiger partial charge is 0.464 e. The maximum atomic E-state index is 11.8. The second kappa shape index (κ2) is 5.70. The number of amides is 1. The van der Waals surface area contributed by atoms with Crippen LogP contribution in [0.3, 0.4) is 0 Å². The molecule has 2 atom stereocenters. The van der Waals surface area contributed by atoms with Crippen LogP contribution in [0.15, 0.2) is 0 Å². The minimum atomic E-state index is -1.36. The summed E-state index contributed by atoms with van der Waals surface area (Å²) in [6.45, 7) is 4.75. The average molecular weight is 259 g/mol. The molecule has 0 aromatic rings. The Balaban J connectivity index is 2.85. The molecule has 0 saturated carbocycles. The van der Waals surface area contributed by atoms with Gasteiger partial charge in [0.25, 0.3) is 0 Å². The zero-order valence-electron chi connectivity index (χ0n) is 10.6. The van der Waals surface area contributed by atoms with Crippen LogP contribution in [0.2, 0.25) is 0 Å². The minimum absolute atomic E-state index is 0.164. The first-order valence-corrected chi connectivity index (χ1v) is 5.71. The smallest absolute Gasteiger partial charge is 0.408 e.